The molecule has 5 nitrogen and oxygen atoms in total. The van der Waals surface area contributed by atoms with Crippen molar-refractivity contribution in [2.24, 2.45) is 5.41 Å². The Balaban J connectivity index is 1.38. The zero-order valence-electron chi connectivity index (χ0n) is 19.4. The molecule has 1 atom stereocenters. The lowest BCUT2D eigenvalue weighted by Gasteiger charge is -2.43. The van der Waals surface area contributed by atoms with Gasteiger partial charge in [0.05, 0.1) is 56.2 Å². The topological polar surface area (TPSA) is 39.5 Å². The number of fused-ring (bicyclic) bond motifs is 2. The number of benzene rings is 1. The summed E-state index contributed by atoms with van der Waals surface area (Å²) in [6.45, 7) is 6.30. The van der Waals surface area contributed by atoms with Crippen molar-refractivity contribution >= 4 is 18.0 Å². The largest absolute Gasteiger partial charge is 0.382 e. The number of thiol groups is 1. The summed E-state index contributed by atoms with van der Waals surface area (Å²) in [6, 6.07) is 9.53. The SMILES string of the molecule is COCCOC[C@]12Cc3cnn(C4CCCC4)c3C=C1CCN([SH+]c1ccc(C)cc1)C2. The standard InChI is InChI=1S/C26H35N3O2S/c1-20-7-9-24(10-8-20)32-28-12-11-22-15-25-21(17-27-29(25)23-5-3-4-6-23)16-26(22,18-28)19-31-14-13-30-2/h7-10,15,17,23H,3-6,11-14,16,18-19H2,1-2H3/p+1/t26-/m1/s1. The van der Waals surface area contributed by atoms with Gasteiger partial charge >= 0.3 is 0 Å². The fraction of sp³-hybridized carbons (Fsp3) is 0.577. The molecule has 2 aromatic rings. The maximum atomic E-state index is 6.19. The van der Waals surface area contributed by atoms with Gasteiger partial charge in [-0.05, 0) is 56.4 Å². The van der Waals surface area contributed by atoms with E-state index >= 15 is 0 Å². The number of ether oxygens (including phenoxy) is 2. The smallest absolute Gasteiger partial charge is 0.173 e. The Labute approximate surface area is 196 Å². The van der Waals surface area contributed by atoms with Crippen LogP contribution in [0, 0.1) is 12.3 Å². The maximum absolute atomic E-state index is 6.19. The second kappa shape index (κ2) is 9.72. The van der Waals surface area contributed by atoms with Crippen molar-refractivity contribution in [1.82, 2.24) is 14.1 Å². The number of piperidine rings is 1. The van der Waals surface area contributed by atoms with Crippen LogP contribution in [-0.4, -0.2) is 54.1 Å². The average Bonchev–Trinajstić information content (AvgIpc) is 3.46. The molecule has 1 aromatic carbocycles. The molecule has 1 aromatic heterocycles. The highest BCUT2D eigenvalue weighted by molar-refractivity contribution is 7.76. The molecule has 32 heavy (non-hydrogen) atoms. The van der Waals surface area contributed by atoms with Crippen LogP contribution in [0.4, 0.5) is 0 Å². The van der Waals surface area contributed by atoms with Gasteiger partial charge in [0.2, 0.25) is 0 Å². The molecule has 0 amide bonds. The van der Waals surface area contributed by atoms with Crippen LogP contribution in [0.5, 0.6) is 0 Å². The molecule has 3 aliphatic rings. The van der Waals surface area contributed by atoms with Crippen LogP contribution in [-0.2, 0) is 27.8 Å². The van der Waals surface area contributed by atoms with Crippen molar-refractivity contribution in [1.29, 1.82) is 0 Å². The summed E-state index contributed by atoms with van der Waals surface area (Å²) in [5.74, 6) is 0. The van der Waals surface area contributed by atoms with E-state index in [1.165, 1.54) is 59.3 Å². The van der Waals surface area contributed by atoms with Crippen LogP contribution in [0.15, 0.2) is 40.9 Å². The van der Waals surface area contributed by atoms with Gasteiger partial charge in [-0.3, -0.25) is 4.68 Å². The van der Waals surface area contributed by atoms with Crippen LogP contribution in [0.25, 0.3) is 6.08 Å². The first-order valence-corrected chi connectivity index (χ1v) is 12.9. The van der Waals surface area contributed by atoms with Gasteiger partial charge in [-0.1, -0.05) is 36.1 Å². The number of aromatic nitrogens is 2. The van der Waals surface area contributed by atoms with Gasteiger partial charge in [-0.25, -0.2) is 0 Å². The summed E-state index contributed by atoms with van der Waals surface area (Å²) in [6.07, 6.45) is 11.9. The van der Waals surface area contributed by atoms with E-state index in [1.54, 1.807) is 12.7 Å². The Hall–Kier alpha value is -1.60. The van der Waals surface area contributed by atoms with Gasteiger partial charge in [0.25, 0.3) is 0 Å². The van der Waals surface area contributed by atoms with E-state index in [4.69, 9.17) is 14.6 Å². The summed E-state index contributed by atoms with van der Waals surface area (Å²) in [5, 5.41) is 4.87. The van der Waals surface area contributed by atoms with Crippen molar-refractivity contribution in [3.8, 4) is 0 Å². The number of rotatable bonds is 8. The number of hydrogen-bond donors (Lipinski definition) is 0. The number of methoxy groups -OCH3 is 1. The quantitative estimate of drug-likeness (QED) is 0.337. The molecule has 2 heterocycles. The van der Waals surface area contributed by atoms with Gasteiger partial charge in [-0.15, -0.1) is 4.31 Å². The summed E-state index contributed by atoms with van der Waals surface area (Å²) >= 11 is 1.30. The predicted molar refractivity (Wildman–Crippen MR) is 131 cm³/mol. The fourth-order valence-electron chi connectivity index (χ4n) is 5.57. The van der Waals surface area contributed by atoms with Crippen molar-refractivity contribution in [3.05, 3.63) is 52.9 Å². The summed E-state index contributed by atoms with van der Waals surface area (Å²) < 4.78 is 16.3. The van der Waals surface area contributed by atoms with E-state index in [9.17, 15) is 0 Å². The molecule has 1 saturated carbocycles. The second-order valence-corrected chi connectivity index (χ2v) is 11.0. The van der Waals surface area contributed by atoms with Crippen LogP contribution in [0.3, 0.4) is 0 Å². The summed E-state index contributed by atoms with van der Waals surface area (Å²) in [4.78, 5) is 1.36. The highest BCUT2D eigenvalue weighted by Crippen LogP contribution is 2.45. The normalized spacial score (nSPS) is 23.8. The van der Waals surface area contributed by atoms with Crippen LogP contribution in [0.2, 0.25) is 0 Å². The molecular weight excluding hydrogens is 418 g/mol. The minimum absolute atomic E-state index is 0.0280. The lowest BCUT2D eigenvalue weighted by atomic mass is 9.69. The summed E-state index contributed by atoms with van der Waals surface area (Å²) in [5.41, 5.74) is 5.65. The van der Waals surface area contributed by atoms with Crippen molar-refractivity contribution < 1.29 is 9.47 Å². The third-order valence-electron chi connectivity index (χ3n) is 7.33. The molecule has 1 saturated heterocycles. The molecular formula is C26H36N3O2S+. The Morgan fingerprint density at radius 1 is 1.16 bits per heavy atom. The molecule has 5 rings (SSSR count). The van der Waals surface area contributed by atoms with Gasteiger partial charge in [-0.2, -0.15) is 5.10 Å². The number of aryl methyl sites for hydroxylation is 1. The minimum Gasteiger partial charge on any atom is -0.382 e. The Morgan fingerprint density at radius 2 is 1.97 bits per heavy atom. The summed E-state index contributed by atoms with van der Waals surface area (Å²) in [7, 11) is 1.74. The monoisotopic (exact) mass is 454 g/mol. The maximum Gasteiger partial charge on any atom is 0.173 e. The van der Waals surface area contributed by atoms with Crippen molar-refractivity contribution in [2.75, 3.05) is 40.0 Å². The van der Waals surface area contributed by atoms with Crippen molar-refractivity contribution in [2.45, 2.75) is 56.4 Å². The molecule has 1 aliphatic heterocycles. The molecule has 0 spiro atoms. The minimum atomic E-state index is 0.0280. The number of hydrogen-bond acceptors (Lipinski definition) is 4. The zero-order chi connectivity index (χ0) is 22.0. The molecule has 0 radical (unpaired) electrons. The van der Waals surface area contributed by atoms with E-state index in [0.29, 0.717) is 19.3 Å². The zero-order valence-corrected chi connectivity index (χ0v) is 20.3. The molecule has 0 N–H and O–H groups in total. The average molecular weight is 455 g/mol. The molecule has 0 unspecified atom stereocenters. The number of nitrogens with zero attached hydrogens (tertiary/aromatic N) is 3. The van der Waals surface area contributed by atoms with Crippen LogP contribution >= 0.6 is 0 Å². The highest BCUT2D eigenvalue weighted by atomic mass is 32.2. The molecule has 0 bridgehead atoms. The van der Waals surface area contributed by atoms with Gasteiger partial charge in [0.1, 0.15) is 0 Å². The molecule has 6 heteroatoms. The lowest BCUT2D eigenvalue weighted by Crippen LogP contribution is -2.49. The fourth-order valence-corrected chi connectivity index (χ4v) is 6.72. The first-order chi connectivity index (χ1) is 15.7. The van der Waals surface area contributed by atoms with Crippen LogP contribution in [0.1, 0.15) is 55.0 Å². The van der Waals surface area contributed by atoms with Gasteiger partial charge < -0.3 is 9.47 Å². The molecule has 2 fully saturated rings. The predicted octanol–water partition coefficient (Wildman–Crippen LogP) is 4.39. The van der Waals surface area contributed by atoms with Crippen LogP contribution < -0.4 is 0 Å². The Morgan fingerprint density at radius 3 is 2.75 bits per heavy atom. The third-order valence-corrected chi connectivity index (χ3v) is 8.48. The molecule has 172 valence electrons. The Bertz CT molecular complexity index is 948. The second-order valence-electron chi connectivity index (χ2n) is 9.68. The highest BCUT2D eigenvalue weighted by Gasteiger charge is 2.45. The van der Waals surface area contributed by atoms with Gasteiger partial charge in [0, 0.05) is 19.1 Å². The first-order valence-electron chi connectivity index (χ1n) is 12.0. The van der Waals surface area contributed by atoms with E-state index in [-0.39, 0.29) is 5.41 Å². The first kappa shape index (κ1) is 22.2. The van der Waals surface area contributed by atoms with Gasteiger partial charge in [0.15, 0.2) is 4.90 Å². The van der Waals surface area contributed by atoms with E-state index in [0.717, 1.165) is 32.5 Å². The van der Waals surface area contributed by atoms with E-state index < -0.39 is 0 Å². The van der Waals surface area contributed by atoms with Crippen molar-refractivity contribution in [3.63, 3.8) is 0 Å². The Kier molecular flexibility index (Phi) is 6.74. The molecule has 2 aliphatic carbocycles. The lowest BCUT2D eigenvalue weighted by molar-refractivity contribution is 0.0156. The van der Waals surface area contributed by atoms with E-state index in [2.05, 4.69) is 52.4 Å². The third kappa shape index (κ3) is 4.56. The van der Waals surface area contributed by atoms with E-state index in [1.807, 2.05) is 0 Å².